The lowest BCUT2D eigenvalue weighted by Crippen LogP contribution is -2.25. The summed E-state index contributed by atoms with van der Waals surface area (Å²) < 4.78 is 2.43. The van der Waals surface area contributed by atoms with Crippen molar-refractivity contribution in [2.24, 2.45) is 5.92 Å². The van der Waals surface area contributed by atoms with Gasteiger partial charge in [0.15, 0.2) is 0 Å². The molecule has 2 aromatic heterocycles. The molecule has 0 saturated heterocycles. The quantitative estimate of drug-likeness (QED) is 0.543. The first-order valence-electron chi connectivity index (χ1n) is 10.8. The van der Waals surface area contributed by atoms with Gasteiger partial charge in [0.05, 0.1) is 22.8 Å². The zero-order valence-corrected chi connectivity index (χ0v) is 19.0. The molecule has 0 atom stereocenters. The number of pyridine rings is 1. The minimum absolute atomic E-state index is 0.0233. The predicted molar refractivity (Wildman–Crippen MR) is 125 cm³/mol. The van der Waals surface area contributed by atoms with E-state index in [4.69, 9.17) is 4.98 Å². The molecule has 1 aromatic carbocycles. The van der Waals surface area contributed by atoms with E-state index in [9.17, 15) is 5.11 Å². The molecule has 1 fully saturated rings. The summed E-state index contributed by atoms with van der Waals surface area (Å²) >= 11 is 1.73. The van der Waals surface area contributed by atoms with Crippen LogP contribution < -0.4 is 0 Å². The molecule has 2 heterocycles. The molecule has 0 spiro atoms. The number of fused-ring (bicyclic) bond motifs is 1. The van der Waals surface area contributed by atoms with Gasteiger partial charge in [0, 0.05) is 27.9 Å². The van der Waals surface area contributed by atoms with E-state index in [0.717, 1.165) is 54.2 Å². The summed E-state index contributed by atoms with van der Waals surface area (Å²) in [6.07, 6.45) is 7.50. The zero-order valence-electron chi connectivity index (χ0n) is 18.1. The SMILES string of the molecule is C=Cc1cc(Sc2ccc3c(c2)nc(C(C)(C)C)n3CC2CCC(O)CC2)ccn1. The summed E-state index contributed by atoms with van der Waals surface area (Å²) in [6.45, 7) is 11.5. The largest absolute Gasteiger partial charge is 0.393 e. The van der Waals surface area contributed by atoms with Crippen molar-refractivity contribution in [3.63, 3.8) is 0 Å². The molecule has 0 amide bonds. The van der Waals surface area contributed by atoms with Crippen LogP contribution in [0.2, 0.25) is 0 Å². The third-order valence-electron chi connectivity index (χ3n) is 5.84. The maximum absolute atomic E-state index is 9.86. The first kappa shape index (κ1) is 21.1. The highest BCUT2D eigenvalue weighted by atomic mass is 32.2. The third kappa shape index (κ3) is 4.62. The standard InChI is InChI=1S/C25H31N3OS/c1-5-18-14-21(12-13-26-18)30-20-10-11-23-22(15-20)27-24(25(2,3)4)28(23)16-17-6-8-19(29)9-7-17/h5,10-15,17,19,29H,1,6-9,16H2,2-4H3. The number of hydrogen-bond acceptors (Lipinski definition) is 4. The Labute approximate surface area is 183 Å². The molecule has 1 aliphatic rings. The Kier molecular flexibility index (Phi) is 6.03. The summed E-state index contributed by atoms with van der Waals surface area (Å²) in [7, 11) is 0. The molecule has 30 heavy (non-hydrogen) atoms. The number of benzene rings is 1. The smallest absolute Gasteiger partial charge is 0.115 e. The van der Waals surface area contributed by atoms with Crippen molar-refractivity contribution in [3.8, 4) is 0 Å². The van der Waals surface area contributed by atoms with Gasteiger partial charge in [-0.1, -0.05) is 39.1 Å². The molecular weight excluding hydrogens is 390 g/mol. The Morgan fingerprint density at radius 1 is 1.13 bits per heavy atom. The lowest BCUT2D eigenvalue weighted by atomic mass is 9.87. The van der Waals surface area contributed by atoms with Crippen LogP contribution >= 0.6 is 11.8 Å². The lowest BCUT2D eigenvalue weighted by molar-refractivity contribution is 0.104. The highest BCUT2D eigenvalue weighted by Gasteiger charge is 2.26. The van der Waals surface area contributed by atoms with Gasteiger partial charge < -0.3 is 9.67 Å². The molecule has 1 N–H and O–H groups in total. The van der Waals surface area contributed by atoms with E-state index in [2.05, 4.69) is 61.2 Å². The Morgan fingerprint density at radius 3 is 2.57 bits per heavy atom. The van der Waals surface area contributed by atoms with Gasteiger partial charge in [-0.3, -0.25) is 4.98 Å². The van der Waals surface area contributed by atoms with Crippen LogP contribution in [-0.4, -0.2) is 25.7 Å². The number of aliphatic hydroxyl groups is 1. The second-order valence-corrected chi connectivity index (χ2v) is 10.5. The predicted octanol–water partition coefficient (Wildman–Crippen LogP) is 6.07. The molecule has 4 rings (SSSR count). The van der Waals surface area contributed by atoms with E-state index < -0.39 is 0 Å². The van der Waals surface area contributed by atoms with Crippen molar-refractivity contribution < 1.29 is 5.11 Å². The average molecular weight is 422 g/mol. The summed E-state index contributed by atoms with van der Waals surface area (Å²) in [5.74, 6) is 1.75. The number of rotatable bonds is 5. The molecular formula is C25H31N3OS. The molecule has 158 valence electrons. The molecule has 0 bridgehead atoms. The van der Waals surface area contributed by atoms with Crippen molar-refractivity contribution in [2.45, 2.75) is 74.3 Å². The van der Waals surface area contributed by atoms with Crippen LogP contribution in [0, 0.1) is 5.92 Å². The summed E-state index contributed by atoms with van der Waals surface area (Å²) in [5.41, 5.74) is 3.12. The van der Waals surface area contributed by atoms with Crippen LogP contribution in [0.5, 0.6) is 0 Å². The topological polar surface area (TPSA) is 50.9 Å². The Morgan fingerprint density at radius 2 is 1.87 bits per heavy atom. The van der Waals surface area contributed by atoms with Crippen molar-refractivity contribution in [2.75, 3.05) is 0 Å². The van der Waals surface area contributed by atoms with Crippen LogP contribution in [0.1, 0.15) is 58.0 Å². The number of aliphatic hydroxyl groups excluding tert-OH is 1. The monoisotopic (exact) mass is 421 g/mol. The maximum atomic E-state index is 9.86. The highest BCUT2D eigenvalue weighted by Crippen LogP contribution is 2.34. The molecule has 0 unspecified atom stereocenters. The van der Waals surface area contributed by atoms with Gasteiger partial charge in [-0.15, -0.1) is 0 Å². The third-order valence-corrected chi connectivity index (χ3v) is 6.82. The first-order valence-corrected chi connectivity index (χ1v) is 11.6. The van der Waals surface area contributed by atoms with Crippen LogP contribution in [0.25, 0.3) is 17.1 Å². The number of aromatic nitrogens is 3. The molecule has 0 aliphatic heterocycles. The fraction of sp³-hybridized carbons (Fsp3) is 0.440. The van der Waals surface area contributed by atoms with E-state index in [1.807, 2.05) is 12.3 Å². The fourth-order valence-electron chi connectivity index (χ4n) is 4.26. The Balaban J connectivity index is 1.66. The van der Waals surface area contributed by atoms with Gasteiger partial charge in [0.1, 0.15) is 5.82 Å². The van der Waals surface area contributed by atoms with Crippen molar-refractivity contribution in [1.29, 1.82) is 0 Å². The Hall–Kier alpha value is -2.11. The minimum atomic E-state index is -0.114. The van der Waals surface area contributed by atoms with Gasteiger partial charge >= 0.3 is 0 Å². The number of hydrogen-bond donors (Lipinski definition) is 1. The van der Waals surface area contributed by atoms with E-state index in [0.29, 0.717) is 5.92 Å². The van der Waals surface area contributed by atoms with Crippen LogP contribution in [0.4, 0.5) is 0 Å². The van der Waals surface area contributed by atoms with Crippen LogP contribution in [0.15, 0.2) is 52.9 Å². The summed E-state index contributed by atoms with van der Waals surface area (Å²) in [4.78, 5) is 11.7. The fourth-order valence-corrected chi connectivity index (χ4v) is 5.14. The molecule has 5 heteroatoms. The molecule has 4 nitrogen and oxygen atoms in total. The van der Waals surface area contributed by atoms with E-state index in [1.54, 1.807) is 17.8 Å². The first-order chi connectivity index (χ1) is 14.3. The highest BCUT2D eigenvalue weighted by molar-refractivity contribution is 7.99. The summed E-state index contributed by atoms with van der Waals surface area (Å²) in [5, 5.41) is 9.86. The molecule has 0 radical (unpaired) electrons. The number of nitrogens with zero attached hydrogens (tertiary/aromatic N) is 3. The van der Waals surface area contributed by atoms with Gasteiger partial charge in [-0.2, -0.15) is 0 Å². The van der Waals surface area contributed by atoms with E-state index >= 15 is 0 Å². The number of imidazole rings is 1. The Bertz CT molecular complexity index is 1040. The van der Waals surface area contributed by atoms with Gasteiger partial charge in [-0.25, -0.2) is 4.98 Å². The zero-order chi connectivity index (χ0) is 21.3. The molecule has 1 saturated carbocycles. The lowest BCUT2D eigenvalue weighted by Gasteiger charge is -2.28. The van der Waals surface area contributed by atoms with Crippen molar-refractivity contribution in [1.82, 2.24) is 14.5 Å². The molecule has 3 aromatic rings. The van der Waals surface area contributed by atoms with E-state index in [-0.39, 0.29) is 11.5 Å². The van der Waals surface area contributed by atoms with Gasteiger partial charge in [-0.05, 0) is 68.0 Å². The second kappa shape index (κ2) is 8.56. The maximum Gasteiger partial charge on any atom is 0.115 e. The van der Waals surface area contributed by atoms with Crippen LogP contribution in [0.3, 0.4) is 0 Å². The van der Waals surface area contributed by atoms with E-state index in [1.165, 1.54) is 10.4 Å². The van der Waals surface area contributed by atoms with Crippen molar-refractivity contribution >= 4 is 28.9 Å². The average Bonchev–Trinajstić information content (AvgIpc) is 3.08. The summed E-state index contributed by atoms with van der Waals surface area (Å²) in [6, 6.07) is 10.7. The normalized spacial score (nSPS) is 19.9. The van der Waals surface area contributed by atoms with Gasteiger partial charge in [0.25, 0.3) is 0 Å². The molecule has 1 aliphatic carbocycles. The van der Waals surface area contributed by atoms with Gasteiger partial charge in [0.2, 0.25) is 0 Å². The second-order valence-electron chi connectivity index (χ2n) is 9.34. The van der Waals surface area contributed by atoms with Crippen molar-refractivity contribution in [3.05, 3.63) is 54.6 Å². The van der Waals surface area contributed by atoms with Crippen LogP contribution in [-0.2, 0) is 12.0 Å². The minimum Gasteiger partial charge on any atom is -0.393 e.